The highest BCUT2D eigenvalue weighted by molar-refractivity contribution is 6.20. The van der Waals surface area contributed by atoms with Gasteiger partial charge in [-0.2, -0.15) is 0 Å². The van der Waals surface area contributed by atoms with Crippen LogP contribution in [0.15, 0.2) is 198 Å². The van der Waals surface area contributed by atoms with Gasteiger partial charge in [0.15, 0.2) is 0 Å². The van der Waals surface area contributed by atoms with E-state index >= 15 is 0 Å². The lowest BCUT2D eigenvalue weighted by Gasteiger charge is -2.28. The van der Waals surface area contributed by atoms with Crippen LogP contribution in [-0.2, 0) is 0 Å². The molecule has 11 aromatic rings. The standard InChI is InChI=1S/C50H32N2O/c1-2-18-36(19-3-1)51-44-25-9-8-23-41(44)48-39(24-12-27-45(48)51)35-17-10-20-37(32-35)52(43-26-11-16-33-14-4-6-21-38(33)43)46-28-13-29-47-49(46)42-31-30-34-15-5-7-22-40(34)50(42)53-47/h1-32H/i4D,6D,11D,14D,16D,21D,26D. The molecule has 0 aliphatic heterocycles. The van der Waals surface area contributed by atoms with Gasteiger partial charge in [0.1, 0.15) is 11.2 Å². The molecule has 53 heavy (non-hydrogen) atoms. The van der Waals surface area contributed by atoms with Gasteiger partial charge >= 0.3 is 0 Å². The van der Waals surface area contributed by atoms with Crippen LogP contribution in [0.2, 0.25) is 0 Å². The molecule has 11 rings (SSSR count). The second kappa shape index (κ2) is 11.7. The summed E-state index contributed by atoms with van der Waals surface area (Å²) in [5.74, 6) is 0. The fraction of sp³-hybridized carbons (Fsp3) is 0. The number of anilines is 3. The summed E-state index contributed by atoms with van der Waals surface area (Å²) in [6.07, 6.45) is 0. The minimum atomic E-state index is -0.504. The molecule has 0 N–H and O–H groups in total. The Balaban J connectivity index is 1.25. The van der Waals surface area contributed by atoms with Crippen molar-refractivity contribution in [3.05, 3.63) is 194 Å². The van der Waals surface area contributed by atoms with Crippen LogP contribution in [0.25, 0.3) is 82.1 Å². The number of aromatic nitrogens is 1. The Hall–Kier alpha value is -7.10. The van der Waals surface area contributed by atoms with Gasteiger partial charge in [0.25, 0.3) is 0 Å². The molecule has 0 fully saturated rings. The van der Waals surface area contributed by atoms with Crippen molar-refractivity contribution in [3.8, 4) is 16.8 Å². The first-order valence-electron chi connectivity index (χ1n) is 21.0. The van der Waals surface area contributed by atoms with Gasteiger partial charge in [-0.1, -0.05) is 133 Å². The molecule has 0 radical (unpaired) electrons. The Kier molecular flexibility index (Phi) is 5.18. The zero-order valence-corrected chi connectivity index (χ0v) is 28.2. The van der Waals surface area contributed by atoms with Crippen molar-refractivity contribution in [3.63, 3.8) is 0 Å². The van der Waals surface area contributed by atoms with E-state index in [1.807, 2.05) is 120 Å². The first kappa shape index (κ1) is 23.4. The van der Waals surface area contributed by atoms with Gasteiger partial charge in [-0.3, -0.25) is 0 Å². The van der Waals surface area contributed by atoms with E-state index in [2.05, 4.69) is 41.0 Å². The van der Waals surface area contributed by atoms with Crippen molar-refractivity contribution < 1.29 is 14.0 Å². The van der Waals surface area contributed by atoms with Gasteiger partial charge in [0.05, 0.1) is 37.4 Å². The fourth-order valence-electron chi connectivity index (χ4n) is 8.00. The Labute approximate surface area is 316 Å². The summed E-state index contributed by atoms with van der Waals surface area (Å²) < 4.78 is 71.9. The summed E-state index contributed by atoms with van der Waals surface area (Å²) in [5, 5.41) is 5.50. The van der Waals surface area contributed by atoms with Gasteiger partial charge in [0.2, 0.25) is 0 Å². The molecule has 0 atom stereocenters. The summed E-state index contributed by atoms with van der Waals surface area (Å²) in [6.45, 7) is 0. The first-order valence-corrected chi connectivity index (χ1v) is 17.5. The topological polar surface area (TPSA) is 21.3 Å². The van der Waals surface area contributed by atoms with Gasteiger partial charge < -0.3 is 13.9 Å². The third-order valence-electron chi connectivity index (χ3n) is 10.2. The second-order valence-electron chi connectivity index (χ2n) is 13.2. The molecule has 2 heterocycles. The average Bonchev–Trinajstić information content (AvgIpc) is 3.85. The van der Waals surface area contributed by atoms with E-state index in [1.165, 1.54) is 0 Å². The van der Waals surface area contributed by atoms with E-state index in [-0.39, 0.29) is 22.5 Å². The SMILES string of the molecule is [2H]c1c([2H])c([2H])c2c(N(c3cccc(-c4cccc5c4c4ccccc4n5-c4ccccc4)c3)c3cccc4oc5c6ccccc6ccc5c34)c([2H])c([2H])c([2H])c2c1[2H]. The number of benzene rings is 9. The van der Waals surface area contributed by atoms with Crippen LogP contribution in [0.3, 0.4) is 0 Å². The Morgan fingerprint density at radius 3 is 2.21 bits per heavy atom. The summed E-state index contributed by atoms with van der Waals surface area (Å²) >= 11 is 0. The maximum Gasteiger partial charge on any atom is 0.143 e. The van der Waals surface area contributed by atoms with Crippen molar-refractivity contribution in [2.45, 2.75) is 0 Å². The monoisotopic (exact) mass is 683 g/mol. The third-order valence-corrected chi connectivity index (χ3v) is 10.2. The summed E-state index contributed by atoms with van der Waals surface area (Å²) in [7, 11) is 0. The Bertz CT molecular complexity index is 3590. The van der Waals surface area contributed by atoms with E-state index in [0.717, 1.165) is 60.2 Å². The van der Waals surface area contributed by atoms with E-state index in [1.54, 1.807) is 0 Å². The van der Waals surface area contributed by atoms with Crippen LogP contribution in [-0.4, -0.2) is 4.57 Å². The highest BCUT2D eigenvalue weighted by Gasteiger charge is 2.23. The van der Waals surface area contributed by atoms with Crippen molar-refractivity contribution in [2.75, 3.05) is 4.90 Å². The second-order valence-corrected chi connectivity index (χ2v) is 13.2. The predicted octanol–water partition coefficient (Wildman–Crippen LogP) is 14.1. The van der Waals surface area contributed by atoms with Crippen molar-refractivity contribution in [1.29, 1.82) is 0 Å². The molecule has 0 saturated carbocycles. The van der Waals surface area contributed by atoms with Crippen molar-refractivity contribution in [2.24, 2.45) is 0 Å². The molecule has 0 saturated heterocycles. The summed E-state index contributed by atoms with van der Waals surface area (Å²) in [4.78, 5) is 1.81. The minimum absolute atomic E-state index is 0.0133. The van der Waals surface area contributed by atoms with Gasteiger partial charge in [-0.15, -0.1) is 0 Å². The lowest BCUT2D eigenvalue weighted by Crippen LogP contribution is -2.11. The smallest absolute Gasteiger partial charge is 0.143 e. The van der Waals surface area contributed by atoms with Gasteiger partial charge in [-0.05, 0) is 82.5 Å². The molecule has 0 bridgehead atoms. The molecule has 0 aliphatic rings. The highest BCUT2D eigenvalue weighted by Crippen LogP contribution is 2.47. The Morgan fingerprint density at radius 2 is 1.26 bits per heavy atom. The largest absolute Gasteiger partial charge is 0.455 e. The third kappa shape index (κ3) is 4.54. The molecule has 248 valence electrons. The fourth-order valence-corrected chi connectivity index (χ4v) is 8.00. The zero-order chi connectivity index (χ0) is 41.0. The normalized spacial score (nSPS) is 13.6. The minimum Gasteiger partial charge on any atom is -0.455 e. The van der Waals surface area contributed by atoms with Crippen molar-refractivity contribution >= 4 is 82.4 Å². The molecule has 0 spiro atoms. The van der Waals surface area contributed by atoms with Crippen LogP contribution in [0.1, 0.15) is 9.60 Å². The quantitative estimate of drug-likeness (QED) is 0.180. The number of rotatable bonds is 5. The predicted molar refractivity (Wildman–Crippen MR) is 223 cm³/mol. The van der Waals surface area contributed by atoms with Crippen LogP contribution >= 0.6 is 0 Å². The molecule has 0 unspecified atom stereocenters. The van der Waals surface area contributed by atoms with Crippen LogP contribution in [0.5, 0.6) is 0 Å². The maximum absolute atomic E-state index is 9.55. The first-order chi connectivity index (χ1) is 29.2. The van der Waals surface area contributed by atoms with Crippen LogP contribution in [0, 0.1) is 0 Å². The molecule has 3 nitrogen and oxygen atoms in total. The number of fused-ring (bicyclic) bond motifs is 9. The maximum atomic E-state index is 9.55. The Morgan fingerprint density at radius 1 is 0.491 bits per heavy atom. The highest BCUT2D eigenvalue weighted by atomic mass is 16.3. The van der Waals surface area contributed by atoms with Gasteiger partial charge in [-0.25, -0.2) is 0 Å². The average molecular weight is 684 g/mol. The molecule has 9 aromatic carbocycles. The molecular formula is C50H32N2O. The van der Waals surface area contributed by atoms with E-state index in [9.17, 15) is 2.74 Å². The zero-order valence-electron chi connectivity index (χ0n) is 35.2. The number of nitrogens with zero attached hydrogens (tertiary/aromatic N) is 2. The lowest BCUT2D eigenvalue weighted by atomic mass is 9.98. The number of hydrogen-bond donors (Lipinski definition) is 0. The van der Waals surface area contributed by atoms with Crippen molar-refractivity contribution in [1.82, 2.24) is 4.57 Å². The lowest BCUT2D eigenvalue weighted by molar-refractivity contribution is 0.672. The molecule has 0 aliphatic carbocycles. The van der Waals surface area contributed by atoms with E-state index in [4.69, 9.17) is 11.3 Å². The van der Waals surface area contributed by atoms with E-state index < -0.39 is 36.3 Å². The van der Waals surface area contributed by atoms with Crippen LogP contribution in [0.4, 0.5) is 17.1 Å². The molecule has 3 heteroatoms. The molecular weight excluding hydrogens is 645 g/mol. The summed E-state index contributed by atoms with van der Waals surface area (Å²) in [5.41, 5.74) is 7.47. The van der Waals surface area contributed by atoms with Crippen LogP contribution < -0.4 is 4.90 Å². The number of para-hydroxylation sites is 2. The molecule has 2 aromatic heterocycles. The number of furan rings is 1. The molecule has 0 amide bonds. The summed E-state index contributed by atoms with van der Waals surface area (Å²) in [6, 6.07) is 47.5. The number of hydrogen-bond acceptors (Lipinski definition) is 2. The van der Waals surface area contributed by atoms with E-state index in [0.29, 0.717) is 22.5 Å². The van der Waals surface area contributed by atoms with Gasteiger partial charge in [0, 0.05) is 38.3 Å².